The fraction of sp³-hybridized carbons (Fsp3) is 0.333. The third-order valence-corrected chi connectivity index (χ3v) is 6.68. The molecule has 0 bridgehead atoms. The van der Waals surface area contributed by atoms with Crippen LogP contribution in [0.25, 0.3) is 0 Å². The van der Waals surface area contributed by atoms with Gasteiger partial charge >= 0.3 is 6.03 Å². The first-order valence-corrected chi connectivity index (χ1v) is 11.8. The van der Waals surface area contributed by atoms with E-state index in [0.29, 0.717) is 23.7 Å². The lowest BCUT2D eigenvalue weighted by Crippen LogP contribution is -2.43. The molecule has 7 heteroatoms. The van der Waals surface area contributed by atoms with Crippen LogP contribution in [0.15, 0.2) is 60.8 Å². The Morgan fingerprint density at radius 2 is 1.71 bits per heavy atom. The fourth-order valence-corrected chi connectivity index (χ4v) is 4.95. The average molecular weight is 459 g/mol. The number of pyridine rings is 1. The van der Waals surface area contributed by atoms with Crippen LogP contribution >= 0.6 is 0 Å². The van der Waals surface area contributed by atoms with Crippen molar-refractivity contribution >= 4 is 17.5 Å². The summed E-state index contributed by atoms with van der Waals surface area (Å²) >= 11 is 0. The van der Waals surface area contributed by atoms with Crippen molar-refractivity contribution in [2.75, 3.05) is 44.1 Å². The Kier molecular flexibility index (Phi) is 6.25. The van der Waals surface area contributed by atoms with E-state index >= 15 is 0 Å². The number of fused-ring (bicyclic) bond motifs is 1. The number of aromatic nitrogens is 1. The molecule has 1 atom stereocenters. The van der Waals surface area contributed by atoms with Crippen LogP contribution in [0, 0.1) is 0 Å². The topological polar surface area (TPSA) is 66.9 Å². The van der Waals surface area contributed by atoms with E-state index in [1.165, 1.54) is 12.8 Å². The number of methoxy groups -OCH3 is 2. The van der Waals surface area contributed by atoms with Gasteiger partial charge in [-0.15, -0.1) is 0 Å². The van der Waals surface area contributed by atoms with E-state index in [4.69, 9.17) is 9.47 Å². The van der Waals surface area contributed by atoms with Crippen LogP contribution < -0.4 is 19.7 Å². The maximum absolute atomic E-state index is 13.5. The highest BCUT2D eigenvalue weighted by molar-refractivity contribution is 5.90. The van der Waals surface area contributed by atoms with Crippen molar-refractivity contribution in [3.8, 4) is 11.5 Å². The Balaban J connectivity index is 1.44. The van der Waals surface area contributed by atoms with Gasteiger partial charge in [0.1, 0.15) is 5.82 Å². The molecular weight excluding hydrogens is 428 g/mol. The van der Waals surface area contributed by atoms with Crippen molar-refractivity contribution in [1.29, 1.82) is 0 Å². The number of hydrogen-bond donors (Lipinski definition) is 1. The Morgan fingerprint density at radius 3 is 2.38 bits per heavy atom. The van der Waals surface area contributed by atoms with Gasteiger partial charge in [-0.25, -0.2) is 9.78 Å². The number of urea groups is 1. The highest BCUT2D eigenvalue weighted by Gasteiger charge is 2.33. The number of nitrogens with one attached hydrogen (secondary N) is 1. The van der Waals surface area contributed by atoms with Gasteiger partial charge in [-0.3, -0.25) is 0 Å². The summed E-state index contributed by atoms with van der Waals surface area (Å²) in [6, 6.07) is 17.7. The van der Waals surface area contributed by atoms with Crippen molar-refractivity contribution in [3.63, 3.8) is 0 Å². The lowest BCUT2D eigenvalue weighted by Gasteiger charge is -2.38. The van der Waals surface area contributed by atoms with Crippen molar-refractivity contribution in [2.24, 2.45) is 0 Å². The second-order valence-corrected chi connectivity index (χ2v) is 8.69. The number of nitrogens with zero attached hydrogens (tertiary/aromatic N) is 3. The third-order valence-electron chi connectivity index (χ3n) is 6.68. The molecule has 2 aliphatic heterocycles. The predicted molar refractivity (Wildman–Crippen MR) is 133 cm³/mol. The minimum atomic E-state index is -0.235. The van der Waals surface area contributed by atoms with E-state index in [1.807, 2.05) is 47.4 Å². The number of carbonyl (C=O) groups is 1. The number of rotatable bonds is 5. The smallest absolute Gasteiger partial charge is 0.322 e. The summed E-state index contributed by atoms with van der Waals surface area (Å²) in [6.45, 7) is 2.67. The molecule has 3 aromatic rings. The van der Waals surface area contributed by atoms with Gasteiger partial charge in [-0.05, 0) is 60.2 Å². The standard InChI is InChI=1S/C27H30N4O3/c1-33-23-16-20-12-15-31(26(19-8-4-3-5-9-19)22(20)17-24(23)34-2)27(32)29-21-10-11-25(28-18-21)30-13-6-7-14-30/h3-5,8-11,16-18,26H,6-7,12-15H2,1-2H3,(H,29,32). The van der Waals surface area contributed by atoms with Crippen LogP contribution in [0.1, 0.15) is 35.6 Å². The number of amides is 2. The van der Waals surface area contributed by atoms with Crippen molar-refractivity contribution in [1.82, 2.24) is 9.88 Å². The van der Waals surface area contributed by atoms with Gasteiger partial charge < -0.3 is 24.6 Å². The molecule has 1 saturated heterocycles. The van der Waals surface area contributed by atoms with Crippen LogP contribution in [0.3, 0.4) is 0 Å². The molecule has 34 heavy (non-hydrogen) atoms. The summed E-state index contributed by atoms with van der Waals surface area (Å²) in [7, 11) is 3.28. The zero-order valence-electron chi connectivity index (χ0n) is 19.7. The molecule has 0 saturated carbocycles. The summed E-state index contributed by atoms with van der Waals surface area (Å²) in [4.78, 5) is 22.2. The molecule has 3 heterocycles. The Hall–Kier alpha value is -3.74. The minimum absolute atomic E-state index is 0.148. The van der Waals surface area contributed by atoms with Gasteiger partial charge in [0, 0.05) is 19.6 Å². The Bertz CT molecular complexity index is 1140. The Morgan fingerprint density at radius 1 is 0.971 bits per heavy atom. The quantitative estimate of drug-likeness (QED) is 0.590. The predicted octanol–water partition coefficient (Wildman–Crippen LogP) is 4.88. The highest BCUT2D eigenvalue weighted by atomic mass is 16.5. The first kappa shape index (κ1) is 22.1. The van der Waals surface area contributed by atoms with Gasteiger partial charge in [0.2, 0.25) is 0 Å². The number of benzene rings is 2. The second-order valence-electron chi connectivity index (χ2n) is 8.69. The van der Waals surface area contributed by atoms with Crippen molar-refractivity contribution in [3.05, 3.63) is 77.5 Å². The van der Waals surface area contributed by atoms with E-state index < -0.39 is 0 Å². The largest absolute Gasteiger partial charge is 0.493 e. The number of ether oxygens (including phenoxy) is 2. The fourth-order valence-electron chi connectivity index (χ4n) is 4.95. The molecule has 176 valence electrons. The van der Waals surface area contributed by atoms with Crippen LogP contribution in [0.2, 0.25) is 0 Å². The summed E-state index contributed by atoms with van der Waals surface area (Å²) in [5.74, 6) is 2.33. The molecule has 2 aromatic carbocycles. The molecular formula is C27H30N4O3. The molecule has 1 fully saturated rings. The van der Waals surface area contributed by atoms with Gasteiger partial charge in [0.05, 0.1) is 32.1 Å². The molecule has 1 unspecified atom stereocenters. The van der Waals surface area contributed by atoms with Crippen molar-refractivity contribution < 1.29 is 14.3 Å². The maximum Gasteiger partial charge on any atom is 0.322 e. The summed E-state index contributed by atoms with van der Waals surface area (Å²) in [5, 5.41) is 3.06. The summed E-state index contributed by atoms with van der Waals surface area (Å²) < 4.78 is 11.1. The van der Waals surface area contributed by atoms with Gasteiger partial charge in [-0.2, -0.15) is 0 Å². The molecule has 1 aromatic heterocycles. The molecule has 2 amide bonds. The molecule has 5 rings (SSSR count). The maximum atomic E-state index is 13.5. The summed E-state index contributed by atoms with van der Waals surface area (Å²) in [5.41, 5.74) is 3.95. The zero-order valence-corrected chi connectivity index (χ0v) is 19.7. The number of carbonyl (C=O) groups excluding carboxylic acids is 1. The number of anilines is 2. The monoisotopic (exact) mass is 458 g/mol. The van der Waals surface area contributed by atoms with Gasteiger partial charge in [-0.1, -0.05) is 30.3 Å². The Labute approximate surface area is 200 Å². The van der Waals surface area contributed by atoms with Crippen molar-refractivity contribution in [2.45, 2.75) is 25.3 Å². The third kappa shape index (κ3) is 4.25. The highest BCUT2D eigenvalue weighted by Crippen LogP contribution is 2.41. The minimum Gasteiger partial charge on any atom is -0.493 e. The molecule has 0 aliphatic carbocycles. The molecule has 0 radical (unpaired) electrons. The van der Waals surface area contributed by atoms with Crippen LogP contribution in [-0.4, -0.2) is 49.8 Å². The SMILES string of the molecule is COc1cc2c(cc1OC)C(c1ccccc1)N(C(=O)Nc1ccc(N3CCCC3)nc1)CC2. The lowest BCUT2D eigenvalue weighted by molar-refractivity contribution is 0.193. The van der Waals surface area contributed by atoms with Gasteiger partial charge in [0.25, 0.3) is 0 Å². The van der Waals surface area contributed by atoms with E-state index in [-0.39, 0.29) is 12.1 Å². The number of hydrogen-bond acceptors (Lipinski definition) is 5. The summed E-state index contributed by atoms with van der Waals surface area (Å²) in [6.07, 6.45) is 4.88. The first-order chi connectivity index (χ1) is 16.7. The zero-order chi connectivity index (χ0) is 23.5. The second kappa shape index (κ2) is 9.63. The van der Waals surface area contributed by atoms with Crippen LogP contribution in [0.4, 0.5) is 16.3 Å². The van der Waals surface area contributed by atoms with E-state index in [2.05, 4.69) is 27.3 Å². The van der Waals surface area contributed by atoms with E-state index in [1.54, 1.807) is 20.4 Å². The normalized spacial score (nSPS) is 17.3. The molecule has 1 N–H and O–H groups in total. The molecule has 2 aliphatic rings. The van der Waals surface area contributed by atoms with Gasteiger partial charge in [0.15, 0.2) is 11.5 Å². The average Bonchev–Trinajstić information content (AvgIpc) is 3.43. The molecule has 7 nitrogen and oxygen atoms in total. The van der Waals surface area contributed by atoms with Crippen LogP contribution in [0.5, 0.6) is 11.5 Å². The lowest BCUT2D eigenvalue weighted by atomic mass is 9.88. The molecule has 0 spiro atoms. The van der Waals surface area contributed by atoms with E-state index in [9.17, 15) is 4.79 Å². The first-order valence-electron chi connectivity index (χ1n) is 11.8. The van der Waals surface area contributed by atoms with E-state index in [0.717, 1.165) is 42.0 Å². The van der Waals surface area contributed by atoms with Crippen LogP contribution in [-0.2, 0) is 6.42 Å².